The number of epoxide rings is 1. The van der Waals surface area contributed by atoms with E-state index in [-0.39, 0.29) is 29.0 Å². The average Bonchev–Trinajstić information content (AvgIpc) is 3.21. The standard InChI is InChI=1S/C17H24O5/c1-10-4-5-16(8-20-11(2)18)13(6-10)22-14-12(19)7-15(16,3)17(14)9-21-17/h6,12-14,19H,4-5,7-9H2,1-3H3/t12-,13-,14+,15-,16-,17+/m1/s1. The maximum Gasteiger partial charge on any atom is 0.302 e. The molecule has 0 aromatic carbocycles. The first-order valence-electron chi connectivity index (χ1n) is 8.13. The molecule has 2 aliphatic heterocycles. The first-order valence-corrected chi connectivity index (χ1v) is 8.13. The minimum atomic E-state index is -0.513. The number of allylic oxidation sites excluding steroid dienone is 1. The van der Waals surface area contributed by atoms with E-state index >= 15 is 0 Å². The van der Waals surface area contributed by atoms with Crippen LogP contribution in [0.25, 0.3) is 0 Å². The predicted octanol–water partition coefficient (Wildman–Crippen LogP) is 1.58. The molecule has 0 unspecified atom stereocenters. The van der Waals surface area contributed by atoms with Crippen molar-refractivity contribution in [1.29, 1.82) is 0 Å². The third-order valence-electron chi connectivity index (χ3n) is 6.69. The number of fused-ring (bicyclic) bond motifs is 2. The van der Waals surface area contributed by atoms with Crippen LogP contribution in [0.5, 0.6) is 0 Å². The van der Waals surface area contributed by atoms with Crippen LogP contribution in [-0.4, -0.2) is 48.2 Å². The summed E-state index contributed by atoms with van der Waals surface area (Å²) in [7, 11) is 0. The molecule has 4 aliphatic rings. The molecule has 6 atom stereocenters. The molecular weight excluding hydrogens is 284 g/mol. The fourth-order valence-corrected chi connectivity index (χ4v) is 5.23. The Balaban J connectivity index is 1.80. The first-order chi connectivity index (χ1) is 10.3. The zero-order chi connectivity index (χ0) is 15.8. The van der Waals surface area contributed by atoms with Gasteiger partial charge in [0.1, 0.15) is 18.3 Å². The Hall–Kier alpha value is -0.910. The Bertz CT molecular complexity index is 551. The molecule has 0 aromatic rings. The van der Waals surface area contributed by atoms with Crippen LogP contribution in [0.4, 0.5) is 0 Å². The summed E-state index contributed by atoms with van der Waals surface area (Å²) in [5, 5.41) is 10.5. The molecule has 22 heavy (non-hydrogen) atoms. The molecule has 2 heterocycles. The van der Waals surface area contributed by atoms with Crippen LogP contribution < -0.4 is 0 Å². The molecule has 1 N–H and O–H groups in total. The monoisotopic (exact) mass is 308 g/mol. The van der Waals surface area contributed by atoms with Crippen LogP contribution in [0.3, 0.4) is 0 Å². The maximum absolute atomic E-state index is 11.4. The zero-order valence-electron chi connectivity index (χ0n) is 13.4. The summed E-state index contributed by atoms with van der Waals surface area (Å²) in [5.74, 6) is -0.269. The molecule has 1 saturated carbocycles. The number of aliphatic hydroxyl groups is 1. The summed E-state index contributed by atoms with van der Waals surface area (Å²) < 4.78 is 17.6. The Labute approximate surface area is 130 Å². The lowest BCUT2D eigenvalue weighted by Crippen LogP contribution is -2.64. The summed E-state index contributed by atoms with van der Waals surface area (Å²) in [6.45, 7) is 6.70. The molecule has 0 amide bonds. The second kappa shape index (κ2) is 4.34. The van der Waals surface area contributed by atoms with Crippen molar-refractivity contribution in [3.63, 3.8) is 0 Å². The molecule has 2 saturated heterocycles. The van der Waals surface area contributed by atoms with Crippen molar-refractivity contribution in [2.24, 2.45) is 10.8 Å². The zero-order valence-corrected chi connectivity index (χ0v) is 13.4. The van der Waals surface area contributed by atoms with Gasteiger partial charge in [-0.05, 0) is 26.2 Å². The van der Waals surface area contributed by atoms with Crippen molar-refractivity contribution in [1.82, 2.24) is 0 Å². The topological polar surface area (TPSA) is 68.3 Å². The quantitative estimate of drug-likeness (QED) is 0.476. The van der Waals surface area contributed by atoms with E-state index in [1.165, 1.54) is 12.5 Å². The van der Waals surface area contributed by atoms with Gasteiger partial charge < -0.3 is 19.3 Å². The smallest absolute Gasteiger partial charge is 0.302 e. The fourth-order valence-electron chi connectivity index (χ4n) is 5.23. The number of aliphatic hydroxyl groups excluding tert-OH is 1. The maximum atomic E-state index is 11.4. The van der Waals surface area contributed by atoms with Crippen molar-refractivity contribution in [2.75, 3.05) is 13.2 Å². The van der Waals surface area contributed by atoms with Crippen molar-refractivity contribution in [3.8, 4) is 0 Å². The Morgan fingerprint density at radius 2 is 2.27 bits per heavy atom. The molecule has 4 rings (SSSR count). The molecule has 1 spiro atoms. The lowest BCUT2D eigenvalue weighted by Gasteiger charge is -2.57. The number of carbonyl (C=O) groups is 1. The van der Waals surface area contributed by atoms with Crippen LogP contribution in [-0.2, 0) is 19.0 Å². The number of hydrogen-bond acceptors (Lipinski definition) is 5. The van der Waals surface area contributed by atoms with Gasteiger partial charge in [0.15, 0.2) is 0 Å². The highest BCUT2D eigenvalue weighted by atomic mass is 16.6. The van der Waals surface area contributed by atoms with Crippen LogP contribution in [0.15, 0.2) is 11.6 Å². The van der Waals surface area contributed by atoms with E-state index in [9.17, 15) is 9.90 Å². The summed E-state index contributed by atoms with van der Waals surface area (Å²) in [5.41, 5.74) is 0.346. The second-order valence-corrected chi connectivity index (χ2v) is 7.71. The van der Waals surface area contributed by atoms with Gasteiger partial charge in [-0.2, -0.15) is 0 Å². The third kappa shape index (κ3) is 1.57. The van der Waals surface area contributed by atoms with Crippen molar-refractivity contribution in [2.45, 2.75) is 63.9 Å². The molecular formula is C17H24O5. The number of hydrogen-bond donors (Lipinski definition) is 1. The SMILES string of the molecule is CC(=O)OC[C@]12CCC(C)=C[C@H]1O[C@H]1[C@H](O)C[C@@]2(C)[C@]12CO2. The average molecular weight is 308 g/mol. The molecule has 0 aromatic heterocycles. The molecule has 3 fully saturated rings. The third-order valence-corrected chi connectivity index (χ3v) is 6.69. The molecule has 122 valence electrons. The first kappa shape index (κ1) is 14.7. The van der Waals surface area contributed by atoms with E-state index in [1.807, 2.05) is 0 Å². The number of rotatable bonds is 2. The van der Waals surface area contributed by atoms with Crippen molar-refractivity contribution < 1.29 is 24.1 Å². The normalized spacial score (nSPS) is 52.2. The number of carbonyl (C=O) groups excluding carboxylic acids is 1. The van der Waals surface area contributed by atoms with Crippen LogP contribution in [0, 0.1) is 10.8 Å². The van der Waals surface area contributed by atoms with Gasteiger partial charge >= 0.3 is 5.97 Å². The summed E-state index contributed by atoms with van der Waals surface area (Å²) in [6.07, 6.45) is 3.76. The lowest BCUT2D eigenvalue weighted by molar-refractivity contribution is -0.221. The van der Waals surface area contributed by atoms with Crippen molar-refractivity contribution >= 4 is 5.97 Å². The van der Waals surface area contributed by atoms with Gasteiger partial charge in [-0.3, -0.25) is 4.79 Å². The second-order valence-electron chi connectivity index (χ2n) is 7.71. The lowest BCUT2D eigenvalue weighted by atomic mass is 9.52. The highest BCUT2D eigenvalue weighted by Crippen LogP contribution is 2.71. The highest BCUT2D eigenvalue weighted by Gasteiger charge is 2.81. The van der Waals surface area contributed by atoms with E-state index < -0.39 is 11.7 Å². The Kier molecular flexibility index (Phi) is 2.89. The number of esters is 1. The molecule has 5 nitrogen and oxygen atoms in total. The largest absolute Gasteiger partial charge is 0.465 e. The van der Waals surface area contributed by atoms with Gasteiger partial charge in [-0.15, -0.1) is 0 Å². The minimum Gasteiger partial charge on any atom is -0.465 e. The Morgan fingerprint density at radius 1 is 1.55 bits per heavy atom. The fraction of sp³-hybridized carbons (Fsp3) is 0.824. The van der Waals surface area contributed by atoms with Gasteiger partial charge in [0.25, 0.3) is 0 Å². The van der Waals surface area contributed by atoms with E-state index in [1.54, 1.807) is 0 Å². The van der Waals surface area contributed by atoms with Gasteiger partial charge in [-0.25, -0.2) is 0 Å². The van der Waals surface area contributed by atoms with E-state index in [2.05, 4.69) is 19.9 Å². The van der Waals surface area contributed by atoms with E-state index in [0.29, 0.717) is 19.6 Å². The van der Waals surface area contributed by atoms with Gasteiger partial charge in [0.2, 0.25) is 0 Å². The molecule has 2 aliphatic carbocycles. The highest BCUT2D eigenvalue weighted by molar-refractivity contribution is 5.66. The Morgan fingerprint density at radius 3 is 2.91 bits per heavy atom. The number of ether oxygens (including phenoxy) is 3. The summed E-state index contributed by atoms with van der Waals surface area (Å²) >= 11 is 0. The van der Waals surface area contributed by atoms with Crippen LogP contribution >= 0.6 is 0 Å². The van der Waals surface area contributed by atoms with Gasteiger partial charge in [-0.1, -0.05) is 18.6 Å². The molecule has 2 bridgehead atoms. The van der Waals surface area contributed by atoms with Crippen LogP contribution in [0.1, 0.15) is 40.0 Å². The van der Waals surface area contributed by atoms with Gasteiger partial charge in [0, 0.05) is 17.8 Å². The van der Waals surface area contributed by atoms with Crippen LogP contribution in [0.2, 0.25) is 0 Å². The predicted molar refractivity (Wildman–Crippen MR) is 78.1 cm³/mol. The van der Waals surface area contributed by atoms with Crippen molar-refractivity contribution in [3.05, 3.63) is 11.6 Å². The minimum absolute atomic E-state index is 0.123. The van der Waals surface area contributed by atoms with Gasteiger partial charge in [0.05, 0.1) is 18.8 Å². The molecule has 5 heteroatoms. The van der Waals surface area contributed by atoms with E-state index in [4.69, 9.17) is 14.2 Å². The van der Waals surface area contributed by atoms with E-state index in [0.717, 1.165) is 12.8 Å². The molecule has 0 radical (unpaired) electrons. The summed E-state index contributed by atoms with van der Waals surface area (Å²) in [6, 6.07) is 0. The summed E-state index contributed by atoms with van der Waals surface area (Å²) in [4.78, 5) is 11.4.